The highest BCUT2D eigenvalue weighted by molar-refractivity contribution is 5.92. The molecule has 0 fully saturated rings. The zero-order valence-electron chi connectivity index (χ0n) is 9.65. The standard InChI is InChI=1S/C15H11FN2/c16-13-5-1-3-11(9-13)6-7-14-10-12-4-2-8-17-15(12)18-14/h1-3,5,8-10,12H,4H2,(H,17,18). The van der Waals surface area contributed by atoms with Gasteiger partial charge in [0.05, 0.1) is 5.70 Å². The molecule has 1 atom stereocenters. The minimum absolute atomic E-state index is 0.266. The second-order valence-corrected chi connectivity index (χ2v) is 4.21. The summed E-state index contributed by atoms with van der Waals surface area (Å²) in [5.41, 5.74) is 1.51. The topological polar surface area (TPSA) is 24.4 Å². The summed E-state index contributed by atoms with van der Waals surface area (Å²) in [6, 6.07) is 6.28. The zero-order valence-corrected chi connectivity index (χ0v) is 9.65. The number of allylic oxidation sites excluding steroid dienone is 2. The van der Waals surface area contributed by atoms with Crippen LogP contribution in [-0.4, -0.2) is 5.84 Å². The Kier molecular flexibility index (Phi) is 2.70. The van der Waals surface area contributed by atoms with Crippen LogP contribution in [0.2, 0.25) is 0 Å². The monoisotopic (exact) mass is 238 g/mol. The number of fused-ring (bicyclic) bond motifs is 1. The van der Waals surface area contributed by atoms with Gasteiger partial charge in [0.1, 0.15) is 11.7 Å². The summed E-state index contributed by atoms with van der Waals surface area (Å²) in [7, 11) is 0. The predicted molar refractivity (Wildman–Crippen MR) is 69.2 cm³/mol. The number of nitrogens with zero attached hydrogens (tertiary/aromatic N) is 1. The second-order valence-electron chi connectivity index (χ2n) is 4.21. The van der Waals surface area contributed by atoms with Crippen molar-refractivity contribution in [2.75, 3.05) is 0 Å². The molecule has 3 heteroatoms. The number of hydrogen-bond acceptors (Lipinski definition) is 2. The number of nitrogens with one attached hydrogen (secondary N) is 1. The number of amidine groups is 1. The van der Waals surface area contributed by atoms with Gasteiger partial charge in [-0.05, 0) is 36.6 Å². The first-order valence-electron chi connectivity index (χ1n) is 5.80. The number of halogens is 1. The smallest absolute Gasteiger partial charge is 0.124 e. The largest absolute Gasteiger partial charge is 0.337 e. The summed E-state index contributed by atoms with van der Waals surface area (Å²) >= 11 is 0. The average Bonchev–Trinajstić information content (AvgIpc) is 2.79. The van der Waals surface area contributed by atoms with Crippen molar-refractivity contribution in [1.82, 2.24) is 5.32 Å². The average molecular weight is 238 g/mol. The Morgan fingerprint density at radius 1 is 1.33 bits per heavy atom. The number of hydrogen-bond donors (Lipinski definition) is 1. The van der Waals surface area contributed by atoms with Crippen LogP contribution in [0.15, 0.2) is 53.3 Å². The lowest BCUT2D eigenvalue weighted by molar-refractivity contribution is 0.627. The van der Waals surface area contributed by atoms with Gasteiger partial charge in [-0.25, -0.2) is 9.38 Å². The fourth-order valence-corrected chi connectivity index (χ4v) is 1.98. The summed E-state index contributed by atoms with van der Waals surface area (Å²) in [6.45, 7) is 0. The highest BCUT2D eigenvalue weighted by Gasteiger charge is 2.21. The van der Waals surface area contributed by atoms with Gasteiger partial charge in [0, 0.05) is 17.7 Å². The van der Waals surface area contributed by atoms with Crippen LogP contribution < -0.4 is 5.32 Å². The molecule has 0 bridgehead atoms. The lowest BCUT2D eigenvalue weighted by Gasteiger charge is -2.09. The maximum Gasteiger partial charge on any atom is 0.124 e. The van der Waals surface area contributed by atoms with Gasteiger partial charge in [-0.2, -0.15) is 0 Å². The molecule has 2 heterocycles. The Labute approximate surface area is 105 Å². The highest BCUT2D eigenvalue weighted by atomic mass is 19.1. The van der Waals surface area contributed by atoms with E-state index in [4.69, 9.17) is 0 Å². The van der Waals surface area contributed by atoms with Crippen molar-refractivity contribution in [3.05, 3.63) is 59.7 Å². The van der Waals surface area contributed by atoms with E-state index in [2.05, 4.69) is 28.2 Å². The first-order valence-corrected chi connectivity index (χ1v) is 5.80. The Hall–Kier alpha value is -2.34. The molecule has 0 amide bonds. The van der Waals surface area contributed by atoms with Gasteiger partial charge < -0.3 is 5.32 Å². The highest BCUT2D eigenvalue weighted by Crippen LogP contribution is 2.19. The summed E-state index contributed by atoms with van der Waals surface area (Å²) in [6.07, 6.45) is 6.86. The normalized spacial score (nSPS) is 20.2. The quantitative estimate of drug-likeness (QED) is 0.690. The van der Waals surface area contributed by atoms with Crippen LogP contribution in [0.4, 0.5) is 4.39 Å². The molecule has 1 aromatic rings. The zero-order chi connectivity index (χ0) is 12.4. The summed E-state index contributed by atoms with van der Waals surface area (Å²) in [5.74, 6) is 6.94. The Bertz CT molecular complexity index is 629. The molecule has 0 aromatic heterocycles. The molecule has 2 nitrogen and oxygen atoms in total. The lowest BCUT2D eigenvalue weighted by atomic mass is 10.0. The van der Waals surface area contributed by atoms with Gasteiger partial charge in [0.25, 0.3) is 0 Å². The van der Waals surface area contributed by atoms with E-state index in [0.29, 0.717) is 11.5 Å². The first-order chi connectivity index (χ1) is 8.81. The van der Waals surface area contributed by atoms with Crippen LogP contribution in [-0.2, 0) is 0 Å². The molecule has 2 aliphatic rings. The van der Waals surface area contributed by atoms with E-state index in [9.17, 15) is 4.39 Å². The molecule has 0 aliphatic carbocycles. The first kappa shape index (κ1) is 10.8. The summed E-state index contributed by atoms with van der Waals surface area (Å²) < 4.78 is 13.0. The van der Waals surface area contributed by atoms with Gasteiger partial charge >= 0.3 is 0 Å². The molecule has 1 unspecified atom stereocenters. The van der Waals surface area contributed by atoms with Crippen LogP contribution in [0.25, 0.3) is 0 Å². The van der Waals surface area contributed by atoms with Crippen LogP contribution in [0.1, 0.15) is 12.0 Å². The Morgan fingerprint density at radius 2 is 2.28 bits per heavy atom. The number of rotatable bonds is 0. The lowest BCUT2D eigenvalue weighted by Crippen LogP contribution is -2.22. The third-order valence-corrected chi connectivity index (χ3v) is 2.86. The maximum absolute atomic E-state index is 13.0. The van der Waals surface area contributed by atoms with Crippen LogP contribution in [0, 0.1) is 23.6 Å². The van der Waals surface area contributed by atoms with Crippen LogP contribution in [0.3, 0.4) is 0 Å². The van der Waals surface area contributed by atoms with Crippen LogP contribution >= 0.6 is 0 Å². The molecular formula is C15H11FN2. The molecule has 1 N–H and O–H groups in total. The van der Waals surface area contributed by atoms with E-state index in [0.717, 1.165) is 18.0 Å². The SMILES string of the molecule is Fc1cccc(C#CC2=CC3CC=CN=C3N2)c1. The van der Waals surface area contributed by atoms with Crippen molar-refractivity contribution in [1.29, 1.82) is 0 Å². The second kappa shape index (κ2) is 4.50. The van der Waals surface area contributed by atoms with Crippen molar-refractivity contribution < 1.29 is 4.39 Å². The molecule has 0 saturated carbocycles. The fourth-order valence-electron chi connectivity index (χ4n) is 1.98. The van der Waals surface area contributed by atoms with Gasteiger partial charge in [0.2, 0.25) is 0 Å². The molecule has 2 aliphatic heterocycles. The van der Waals surface area contributed by atoms with Crippen molar-refractivity contribution in [2.45, 2.75) is 6.42 Å². The third kappa shape index (κ3) is 2.18. The van der Waals surface area contributed by atoms with E-state index in [1.54, 1.807) is 18.3 Å². The van der Waals surface area contributed by atoms with Gasteiger partial charge in [-0.15, -0.1) is 0 Å². The Morgan fingerprint density at radius 3 is 3.11 bits per heavy atom. The van der Waals surface area contributed by atoms with Gasteiger partial charge in [-0.1, -0.05) is 18.1 Å². The Balaban J connectivity index is 1.79. The van der Waals surface area contributed by atoms with Crippen molar-refractivity contribution >= 4 is 5.84 Å². The molecule has 18 heavy (non-hydrogen) atoms. The number of aliphatic imine (C=N–C) groups is 1. The molecule has 1 aromatic carbocycles. The third-order valence-electron chi connectivity index (χ3n) is 2.86. The predicted octanol–water partition coefficient (Wildman–Crippen LogP) is 2.60. The molecular weight excluding hydrogens is 227 g/mol. The number of benzene rings is 1. The van der Waals surface area contributed by atoms with Gasteiger partial charge in [-0.3, -0.25) is 0 Å². The molecule has 0 radical (unpaired) electrons. The van der Waals surface area contributed by atoms with E-state index < -0.39 is 0 Å². The van der Waals surface area contributed by atoms with E-state index in [1.165, 1.54) is 12.1 Å². The molecule has 88 valence electrons. The van der Waals surface area contributed by atoms with Crippen molar-refractivity contribution in [3.63, 3.8) is 0 Å². The van der Waals surface area contributed by atoms with E-state index in [1.807, 2.05) is 6.08 Å². The molecule has 3 rings (SSSR count). The summed E-state index contributed by atoms with van der Waals surface area (Å²) in [4.78, 5) is 4.26. The van der Waals surface area contributed by atoms with E-state index in [-0.39, 0.29) is 5.82 Å². The minimum atomic E-state index is -0.266. The van der Waals surface area contributed by atoms with Crippen molar-refractivity contribution in [3.8, 4) is 11.8 Å². The van der Waals surface area contributed by atoms with Gasteiger partial charge in [0.15, 0.2) is 0 Å². The molecule has 0 saturated heterocycles. The van der Waals surface area contributed by atoms with Crippen molar-refractivity contribution in [2.24, 2.45) is 10.9 Å². The molecule has 0 spiro atoms. The minimum Gasteiger partial charge on any atom is -0.337 e. The van der Waals surface area contributed by atoms with Crippen LogP contribution in [0.5, 0.6) is 0 Å². The fraction of sp³-hybridized carbons (Fsp3) is 0.133. The van der Waals surface area contributed by atoms with E-state index >= 15 is 0 Å². The maximum atomic E-state index is 13.0. The summed E-state index contributed by atoms with van der Waals surface area (Å²) in [5, 5.41) is 3.17.